The van der Waals surface area contributed by atoms with E-state index in [1.807, 2.05) is 0 Å². The van der Waals surface area contributed by atoms with Crippen LogP contribution in [0, 0.1) is 0 Å². The Bertz CT molecular complexity index is 503. The molecule has 0 saturated carbocycles. The molecule has 5 nitrogen and oxygen atoms in total. The predicted octanol–water partition coefficient (Wildman–Crippen LogP) is 1.89. The number of aromatic carboxylic acids is 1. The largest absolute Gasteiger partial charge is 0.495 e. The second-order valence-electron chi connectivity index (χ2n) is 4.00. The first-order chi connectivity index (χ1) is 8.52. The van der Waals surface area contributed by atoms with Gasteiger partial charge in [-0.15, -0.1) is 0 Å². The molecule has 1 fully saturated rings. The van der Waals surface area contributed by atoms with Crippen LogP contribution in [0.3, 0.4) is 0 Å². The molecule has 0 spiro atoms. The van der Waals surface area contributed by atoms with Gasteiger partial charge in [0, 0.05) is 17.8 Å². The van der Waals surface area contributed by atoms with E-state index >= 15 is 0 Å². The van der Waals surface area contributed by atoms with E-state index in [0.717, 1.165) is 0 Å². The summed E-state index contributed by atoms with van der Waals surface area (Å²) in [5.41, 5.74) is 0.640. The van der Waals surface area contributed by atoms with Gasteiger partial charge in [-0.2, -0.15) is 0 Å². The third-order valence-electron chi connectivity index (χ3n) is 2.79. The number of halogens is 1. The standard InChI is InChI=1S/C12H12BrNO4/c1-18-10-3-2-7(12(16)17)4-9(10)14-6-8(13)5-11(14)15/h2-4,8H,5-6H2,1H3,(H,16,17). The van der Waals surface area contributed by atoms with Gasteiger partial charge in [0.1, 0.15) is 5.75 Å². The minimum Gasteiger partial charge on any atom is -0.495 e. The summed E-state index contributed by atoms with van der Waals surface area (Å²) in [6, 6.07) is 4.48. The van der Waals surface area contributed by atoms with E-state index < -0.39 is 5.97 Å². The molecule has 1 aliphatic rings. The van der Waals surface area contributed by atoms with Crippen molar-refractivity contribution in [2.45, 2.75) is 11.2 Å². The SMILES string of the molecule is COc1ccc(C(=O)O)cc1N1CC(Br)CC1=O. The normalized spacial score (nSPS) is 19.1. The number of benzene rings is 1. The average Bonchev–Trinajstić information content (AvgIpc) is 2.67. The molecule has 18 heavy (non-hydrogen) atoms. The van der Waals surface area contributed by atoms with Crippen molar-refractivity contribution in [3.05, 3.63) is 23.8 Å². The Kier molecular flexibility index (Phi) is 3.56. The van der Waals surface area contributed by atoms with Gasteiger partial charge in [-0.25, -0.2) is 4.79 Å². The number of carboxylic acid groups (broad SMARTS) is 1. The first-order valence-electron chi connectivity index (χ1n) is 5.38. The molecule has 1 amide bonds. The highest BCUT2D eigenvalue weighted by Gasteiger charge is 2.31. The Hall–Kier alpha value is -1.56. The van der Waals surface area contributed by atoms with Gasteiger partial charge >= 0.3 is 5.97 Å². The molecular weight excluding hydrogens is 302 g/mol. The molecule has 6 heteroatoms. The number of hydrogen-bond acceptors (Lipinski definition) is 3. The number of carbonyl (C=O) groups is 2. The van der Waals surface area contributed by atoms with Crippen LogP contribution in [-0.2, 0) is 4.79 Å². The van der Waals surface area contributed by atoms with Gasteiger partial charge in [0.15, 0.2) is 0 Å². The van der Waals surface area contributed by atoms with Crippen LogP contribution in [0.25, 0.3) is 0 Å². The molecule has 0 radical (unpaired) electrons. The molecule has 0 aliphatic carbocycles. The maximum atomic E-state index is 11.8. The number of alkyl halides is 1. The first-order valence-corrected chi connectivity index (χ1v) is 6.30. The summed E-state index contributed by atoms with van der Waals surface area (Å²) in [4.78, 5) is 24.4. The maximum Gasteiger partial charge on any atom is 0.335 e. The smallest absolute Gasteiger partial charge is 0.335 e. The van der Waals surface area contributed by atoms with Gasteiger partial charge in [-0.1, -0.05) is 15.9 Å². The Labute approximate surface area is 112 Å². The summed E-state index contributed by atoms with van der Waals surface area (Å²) in [5.74, 6) is -0.575. The van der Waals surface area contributed by atoms with Gasteiger partial charge in [0.05, 0.1) is 18.4 Å². The third kappa shape index (κ3) is 2.33. The summed E-state index contributed by atoms with van der Waals surface area (Å²) >= 11 is 3.39. The topological polar surface area (TPSA) is 66.8 Å². The van der Waals surface area contributed by atoms with E-state index in [-0.39, 0.29) is 16.3 Å². The second kappa shape index (κ2) is 4.97. The molecule has 1 heterocycles. The van der Waals surface area contributed by atoms with Gasteiger partial charge in [-0.3, -0.25) is 4.79 Å². The number of nitrogens with zero attached hydrogens (tertiary/aromatic N) is 1. The zero-order valence-corrected chi connectivity index (χ0v) is 11.3. The lowest BCUT2D eigenvalue weighted by atomic mass is 10.1. The Morgan fingerprint density at radius 1 is 1.56 bits per heavy atom. The molecule has 2 rings (SSSR count). The van der Waals surface area contributed by atoms with Crippen molar-refractivity contribution in [2.24, 2.45) is 0 Å². The fraction of sp³-hybridized carbons (Fsp3) is 0.333. The molecule has 1 saturated heterocycles. The number of hydrogen-bond donors (Lipinski definition) is 1. The lowest BCUT2D eigenvalue weighted by molar-refractivity contribution is -0.117. The highest BCUT2D eigenvalue weighted by molar-refractivity contribution is 9.09. The first kappa shape index (κ1) is 12.9. The van der Waals surface area contributed by atoms with E-state index in [4.69, 9.17) is 9.84 Å². The molecule has 0 bridgehead atoms. The number of anilines is 1. The van der Waals surface area contributed by atoms with Crippen molar-refractivity contribution in [1.29, 1.82) is 0 Å². The summed E-state index contributed by atoms with van der Waals surface area (Å²) in [6.07, 6.45) is 0.403. The number of carbonyl (C=O) groups excluding carboxylic acids is 1. The van der Waals surface area contributed by atoms with Crippen LogP contribution in [0.15, 0.2) is 18.2 Å². The van der Waals surface area contributed by atoms with Crippen LogP contribution in [0.1, 0.15) is 16.8 Å². The van der Waals surface area contributed by atoms with Crippen LogP contribution >= 0.6 is 15.9 Å². The van der Waals surface area contributed by atoms with Crippen LogP contribution in [0.4, 0.5) is 5.69 Å². The zero-order chi connectivity index (χ0) is 13.3. The van der Waals surface area contributed by atoms with Gasteiger partial charge in [0.25, 0.3) is 0 Å². The highest BCUT2D eigenvalue weighted by atomic mass is 79.9. The molecule has 0 aromatic heterocycles. The van der Waals surface area contributed by atoms with Crippen molar-refractivity contribution in [3.8, 4) is 5.75 Å². The number of rotatable bonds is 3. The van der Waals surface area contributed by atoms with Crippen molar-refractivity contribution in [2.75, 3.05) is 18.6 Å². The minimum absolute atomic E-state index is 0.0438. The van der Waals surface area contributed by atoms with Crippen molar-refractivity contribution >= 4 is 33.5 Å². The molecule has 96 valence electrons. The van der Waals surface area contributed by atoms with Crippen molar-refractivity contribution in [1.82, 2.24) is 0 Å². The molecule has 1 aromatic rings. The summed E-state index contributed by atoms with van der Waals surface area (Å²) in [5, 5.41) is 8.98. The van der Waals surface area contributed by atoms with Crippen LogP contribution in [-0.4, -0.2) is 35.5 Å². The van der Waals surface area contributed by atoms with Crippen LogP contribution in [0.5, 0.6) is 5.75 Å². The minimum atomic E-state index is -1.03. The van der Waals surface area contributed by atoms with E-state index in [0.29, 0.717) is 24.4 Å². The summed E-state index contributed by atoms with van der Waals surface area (Å²) in [7, 11) is 1.49. The van der Waals surface area contributed by atoms with Crippen LogP contribution < -0.4 is 9.64 Å². The molecular formula is C12H12BrNO4. The zero-order valence-electron chi connectivity index (χ0n) is 9.72. The Morgan fingerprint density at radius 2 is 2.28 bits per heavy atom. The lowest BCUT2D eigenvalue weighted by Crippen LogP contribution is -2.25. The third-order valence-corrected chi connectivity index (χ3v) is 3.41. The Morgan fingerprint density at radius 3 is 2.78 bits per heavy atom. The van der Waals surface area contributed by atoms with Gasteiger partial charge < -0.3 is 14.7 Å². The van der Waals surface area contributed by atoms with E-state index in [2.05, 4.69) is 15.9 Å². The lowest BCUT2D eigenvalue weighted by Gasteiger charge is -2.19. The van der Waals surface area contributed by atoms with Crippen molar-refractivity contribution < 1.29 is 19.4 Å². The van der Waals surface area contributed by atoms with Gasteiger partial charge in [-0.05, 0) is 18.2 Å². The summed E-state index contributed by atoms with van der Waals surface area (Å²) in [6.45, 7) is 0.512. The maximum absolute atomic E-state index is 11.8. The molecule has 1 unspecified atom stereocenters. The number of amides is 1. The monoisotopic (exact) mass is 313 g/mol. The second-order valence-corrected chi connectivity index (χ2v) is 5.29. The fourth-order valence-electron chi connectivity index (χ4n) is 1.93. The highest BCUT2D eigenvalue weighted by Crippen LogP contribution is 2.33. The summed E-state index contributed by atoms with van der Waals surface area (Å²) < 4.78 is 5.17. The Balaban J connectivity index is 2.44. The van der Waals surface area contributed by atoms with E-state index in [1.165, 1.54) is 19.2 Å². The number of carboxylic acids is 1. The average molecular weight is 314 g/mol. The van der Waals surface area contributed by atoms with Crippen molar-refractivity contribution in [3.63, 3.8) is 0 Å². The van der Waals surface area contributed by atoms with E-state index in [1.54, 1.807) is 11.0 Å². The molecule has 1 N–H and O–H groups in total. The number of methoxy groups -OCH3 is 1. The van der Waals surface area contributed by atoms with Gasteiger partial charge in [0.2, 0.25) is 5.91 Å². The number of ether oxygens (including phenoxy) is 1. The van der Waals surface area contributed by atoms with Crippen LogP contribution in [0.2, 0.25) is 0 Å². The molecule has 1 aliphatic heterocycles. The molecule has 1 atom stereocenters. The quantitative estimate of drug-likeness (QED) is 0.865. The predicted molar refractivity (Wildman–Crippen MR) is 69.6 cm³/mol. The van der Waals surface area contributed by atoms with E-state index in [9.17, 15) is 9.59 Å². The fourth-order valence-corrected chi connectivity index (χ4v) is 2.50. The molecule has 1 aromatic carbocycles.